The number of furan rings is 1. The monoisotopic (exact) mass is 424 g/mol. The molecule has 1 aliphatic rings. The van der Waals surface area contributed by atoms with Gasteiger partial charge in [0.1, 0.15) is 11.3 Å². The molecule has 25 heavy (non-hydrogen) atoms. The van der Waals surface area contributed by atoms with Crippen molar-refractivity contribution in [2.75, 3.05) is 18.1 Å². The van der Waals surface area contributed by atoms with Crippen LogP contribution in [0.1, 0.15) is 23.4 Å². The number of ether oxygens (including phenoxy) is 1. The summed E-state index contributed by atoms with van der Waals surface area (Å²) in [6.07, 6.45) is 1.79. The zero-order valence-electron chi connectivity index (χ0n) is 13.1. The topological polar surface area (TPSA) is 55.6 Å². The van der Waals surface area contributed by atoms with E-state index in [-0.39, 0.29) is 23.3 Å². The van der Waals surface area contributed by atoms with Gasteiger partial charge in [0.15, 0.2) is 15.6 Å². The first-order valence-electron chi connectivity index (χ1n) is 7.85. The minimum Gasteiger partial charge on any atom is -0.444 e. The Balaban J connectivity index is 1.72. The lowest BCUT2D eigenvalue weighted by Gasteiger charge is -2.22. The first-order chi connectivity index (χ1) is 12.1. The van der Waals surface area contributed by atoms with Crippen LogP contribution in [0.4, 0.5) is 9.52 Å². The van der Waals surface area contributed by atoms with E-state index in [1.54, 1.807) is 24.3 Å². The van der Waals surface area contributed by atoms with Crippen LogP contribution in [0.5, 0.6) is 0 Å². The van der Waals surface area contributed by atoms with Crippen LogP contribution in [0.15, 0.2) is 39.4 Å². The number of nitrogens with zero attached hydrogens (tertiary/aromatic N) is 2. The number of benzene rings is 1. The van der Waals surface area contributed by atoms with Crippen LogP contribution in [0.2, 0.25) is 0 Å². The lowest BCUT2D eigenvalue weighted by molar-refractivity contribution is 0.0894. The number of para-hydroxylation sites is 1. The van der Waals surface area contributed by atoms with E-state index in [1.165, 1.54) is 22.3 Å². The molecule has 1 amide bonds. The Bertz CT molecular complexity index is 920. The lowest BCUT2D eigenvalue weighted by Crippen LogP contribution is -2.37. The molecule has 1 fully saturated rings. The van der Waals surface area contributed by atoms with Crippen LogP contribution in [-0.4, -0.2) is 30.1 Å². The number of carbonyl (C=O) groups is 1. The van der Waals surface area contributed by atoms with Crippen molar-refractivity contribution in [2.24, 2.45) is 0 Å². The van der Waals surface area contributed by atoms with Gasteiger partial charge in [-0.05, 0) is 53.0 Å². The molecule has 1 atom stereocenters. The summed E-state index contributed by atoms with van der Waals surface area (Å²) >= 11 is 4.48. The third-order valence-electron chi connectivity index (χ3n) is 4.03. The number of aromatic nitrogens is 1. The maximum absolute atomic E-state index is 14.0. The Labute approximate surface area is 155 Å². The van der Waals surface area contributed by atoms with E-state index in [4.69, 9.17) is 9.15 Å². The second-order valence-corrected chi connectivity index (χ2v) is 7.53. The molecule has 1 aromatic carbocycles. The molecule has 2 aromatic heterocycles. The van der Waals surface area contributed by atoms with Crippen LogP contribution in [-0.2, 0) is 4.74 Å². The number of anilines is 1. The minimum absolute atomic E-state index is 0.0563. The molecule has 130 valence electrons. The van der Waals surface area contributed by atoms with E-state index in [2.05, 4.69) is 20.9 Å². The van der Waals surface area contributed by atoms with E-state index >= 15 is 0 Å². The average Bonchev–Trinajstić information content (AvgIpc) is 3.32. The van der Waals surface area contributed by atoms with Crippen molar-refractivity contribution in [1.82, 2.24) is 4.98 Å². The Kier molecular flexibility index (Phi) is 4.58. The smallest absolute Gasteiger partial charge is 0.295 e. The van der Waals surface area contributed by atoms with Gasteiger partial charge in [0.2, 0.25) is 0 Å². The minimum atomic E-state index is -0.398. The van der Waals surface area contributed by atoms with Gasteiger partial charge >= 0.3 is 0 Å². The molecule has 1 unspecified atom stereocenters. The molecule has 1 saturated heterocycles. The number of carbonyl (C=O) groups excluding carboxylic acids is 1. The molecule has 0 radical (unpaired) electrons. The highest BCUT2D eigenvalue weighted by atomic mass is 79.9. The summed E-state index contributed by atoms with van der Waals surface area (Å²) in [5, 5.41) is 0.438. The third kappa shape index (κ3) is 3.33. The van der Waals surface area contributed by atoms with Gasteiger partial charge in [-0.2, -0.15) is 0 Å². The quantitative estimate of drug-likeness (QED) is 0.613. The zero-order valence-corrected chi connectivity index (χ0v) is 15.5. The van der Waals surface area contributed by atoms with E-state index in [0.29, 0.717) is 27.7 Å². The number of hydrogen-bond donors (Lipinski definition) is 0. The summed E-state index contributed by atoms with van der Waals surface area (Å²) < 4.78 is 26.2. The van der Waals surface area contributed by atoms with Crippen molar-refractivity contribution in [3.8, 4) is 0 Å². The molecule has 0 bridgehead atoms. The fraction of sp³-hybridized carbons (Fsp3) is 0.294. The Morgan fingerprint density at radius 2 is 2.28 bits per heavy atom. The number of hydrogen-bond acceptors (Lipinski definition) is 5. The molecule has 3 aromatic rings. The molecule has 0 spiro atoms. The van der Waals surface area contributed by atoms with Crippen molar-refractivity contribution in [3.05, 3.63) is 46.6 Å². The highest BCUT2D eigenvalue weighted by Crippen LogP contribution is 2.32. The first-order valence-corrected chi connectivity index (χ1v) is 9.46. The first kappa shape index (κ1) is 16.7. The maximum atomic E-state index is 14.0. The molecule has 4 rings (SSSR count). The average molecular weight is 425 g/mol. The Morgan fingerprint density at radius 3 is 2.96 bits per heavy atom. The molecule has 0 N–H and O–H groups in total. The Morgan fingerprint density at radius 1 is 1.40 bits per heavy atom. The van der Waals surface area contributed by atoms with Gasteiger partial charge in [-0.1, -0.05) is 17.4 Å². The molecular weight excluding hydrogens is 411 g/mol. The van der Waals surface area contributed by atoms with Gasteiger partial charge < -0.3 is 9.15 Å². The van der Waals surface area contributed by atoms with Crippen LogP contribution in [0.3, 0.4) is 0 Å². The summed E-state index contributed by atoms with van der Waals surface area (Å²) in [4.78, 5) is 18.8. The summed E-state index contributed by atoms with van der Waals surface area (Å²) in [6, 6.07) is 8.05. The van der Waals surface area contributed by atoms with Crippen LogP contribution < -0.4 is 4.90 Å². The summed E-state index contributed by atoms with van der Waals surface area (Å²) in [6.45, 7) is 1.05. The summed E-state index contributed by atoms with van der Waals surface area (Å²) in [7, 11) is 0. The number of thiazole rings is 1. The van der Waals surface area contributed by atoms with Gasteiger partial charge in [-0.15, -0.1) is 0 Å². The van der Waals surface area contributed by atoms with Gasteiger partial charge in [-0.3, -0.25) is 9.69 Å². The van der Waals surface area contributed by atoms with Crippen LogP contribution >= 0.6 is 27.3 Å². The van der Waals surface area contributed by atoms with Gasteiger partial charge in [0, 0.05) is 6.61 Å². The van der Waals surface area contributed by atoms with E-state index in [9.17, 15) is 9.18 Å². The standard InChI is InChI=1S/C17H14BrFN2O3S/c18-14-7-6-12(24-14)16(22)21(9-10-3-2-8-23-10)17-20-15-11(19)4-1-5-13(15)25-17/h1,4-7,10H,2-3,8-9H2. The Hall–Kier alpha value is -1.77. The zero-order chi connectivity index (χ0) is 17.4. The van der Waals surface area contributed by atoms with Gasteiger partial charge in [0.25, 0.3) is 5.91 Å². The maximum Gasteiger partial charge on any atom is 0.295 e. The number of halogens is 2. The van der Waals surface area contributed by atoms with Crippen LogP contribution in [0.25, 0.3) is 10.2 Å². The third-order valence-corrected chi connectivity index (χ3v) is 5.50. The van der Waals surface area contributed by atoms with E-state index < -0.39 is 5.82 Å². The van der Waals surface area contributed by atoms with Crippen molar-refractivity contribution in [2.45, 2.75) is 18.9 Å². The molecule has 0 aliphatic carbocycles. The summed E-state index contributed by atoms with van der Waals surface area (Å²) in [5.74, 6) is -0.518. The fourth-order valence-electron chi connectivity index (χ4n) is 2.82. The largest absolute Gasteiger partial charge is 0.444 e. The molecule has 0 saturated carbocycles. The van der Waals surface area contributed by atoms with E-state index in [1.807, 2.05) is 0 Å². The van der Waals surface area contributed by atoms with Crippen molar-refractivity contribution in [3.63, 3.8) is 0 Å². The van der Waals surface area contributed by atoms with Gasteiger partial charge in [0.05, 0.1) is 17.3 Å². The van der Waals surface area contributed by atoms with Gasteiger partial charge in [-0.25, -0.2) is 9.37 Å². The number of amides is 1. The highest BCUT2D eigenvalue weighted by Gasteiger charge is 2.29. The molecule has 3 heterocycles. The molecular formula is C17H14BrFN2O3S. The highest BCUT2D eigenvalue weighted by molar-refractivity contribution is 9.10. The summed E-state index contributed by atoms with van der Waals surface area (Å²) in [5.41, 5.74) is 0.272. The van der Waals surface area contributed by atoms with Crippen molar-refractivity contribution < 1.29 is 18.3 Å². The lowest BCUT2D eigenvalue weighted by atomic mass is 10.2. The SMILES string of the molecule is O=C(c1ccc(Br)o1)N(CC1CCCO1)c1nc2c(F)cccc2s1. The van der Waals surface area contributed by atoms with E-state index in [0.717, 1.165) is 12.8 Å². The molecule has 8 heteroatoms. The molecule has 5 nitrogen and oxygen atoms in total. The normalized spacial score (nSPS) is 17.3. The van der Waals surface area contributed by atoms with Crippen LogP contribution in [0, 0.1) is 5.82 Å². The van der Waals surface area contributed by atoms with Crippen molar-refractivity contribution in [1.29, 1.82) is 0 Å². The second-order valence-electron chi connectivity index (χ2n) is 5.74. The van der Waals surface area contributed by atoms with Crippen molar-refractivity contribution >= 4 is 48.5 Å². The number of rotatable bonds is 4. The second kappa shape index (κ2) is 6.86. The molecule has 1 aliphatic heterocycles. The number of fused-ring (bicyclic) bond motifs is 1. The predicted molar refractivity (Wildman–Crippen MR) is 96.6 cm³/mol. The fourth-order valence-corrected chi connectivity index (χ4v) is 4.12. The predicted octanol–water partition coefficient (Wildman–Crippen LogP) is 4.62.